The maximum absolute atomic E-state index is 12.4. The van der Waals surface area contributed by atoms with Gasteiger partial charge < -0.3 is 4.74 Å². The maximum atomic E-state index is 12.4. The number of sulfonamides is 2. The van der Waals surface area contributed by atoms with Crippen LogP contribution in [0.5, 0.6) is 0 Å². The lowest BCUT2D eigenvalue weighted by Crippen LogP contribution is -2.32. The zero-order valence-electron chi connectivity index (χ0n) is 12.0. The summed E-state index contributed by atoms with van der Waals surface area (Å²) in [5.74, 6) is 0. The van der Waals surface area contributed by atoms with Crippen LogP contribution < -0.4 is 5.14 Å². The summed E-state index contributed by atoms with van der Waals surface area (Å²) in [6, 6.07) is 4.86. The summed E-state index contributed by atoms with van der Waals surface area (Å²) >= 11 is 0. The van der Waals surface area contributed by atoms with Crippen LogP contribution in [0.3, 0.4) is 0 Å². The Kier molecular flexibility index (Phi) is 6.29. The van der Waals surface area contributed by atoms with Gasteiger partial charge in [0.25, 0.3) is 0 Å². The first-order valence-corrected chi connectivity index (χ1v) is 9.34. The molecule has 0 atom stereocenters. The van der Waals surface area contributed by atoms with E-state index in [4.69, 9.17) is 9.88 Å². The fraction of sp³-hybridized carbons (Fsp3) is 0.500. The van der Waals surface area contributed by atoms with Crippen molar-refractivity contribution < 1.29 is 21.6 Å². The van der Waals surface area contributed by atoms with Crippen LogP contribution in [-0.4, -0.2) is 47.9 Å². The lowest BCUT2D eigenvalue weighted by atomic mass is 10.4. The van der Waals surface area contributed by atoms with Gasteiger partial charge in [0.2, 0.25) is 20.0 Å². The van der Waals surface area contributed by atoms with E-state index in [0.717, 1.165) is 0 Å². The molecule has 0 radical (unpaired) electrons. The molecular weight excluding hydrogens is 316 g/mol. The van der Waals surface area contributed by atoms with Crippen LogP contribution in [0.4, 0.5) is 0 Å². The Morgan fingerprint density at radius 3 is 2.05 bits per heavy atom. The molecule has 0 saturated heterocycles. The van der Waals surface area contributed by atoms with E-state index in [1.165, 1.54) is 28.6 Å². The van der Waals surface area contributed by atoms with Gasteiger partial charge in [-0.25, -0.2) is 22.0 Å². The minimum absolute atomic E-state index is 0.0363. The molecule has 0 aliphatic heterocycles. The molecule has 0 spiro atoms. The molecule has 1 rings (SSSR count). The number of benzene rings is 1. The number of methoxy groups -OCH3 is 1. The zero-order chi connectivity index (χ0) is 16.1. The number of hydrogen-bond donors (Lipinski definition) is 1. The summed E-state index contributed by atoms with van der Waals surface area (Å²) in [7, 11) is -5.93. The van der Waals surface area contributed by atoms with Crippen LogP contribution in [-0.2, 0) is 24.8 Å². The average Bonchev–Trinajstić information content (AvgIpc) is 2.42. The summed E-state index contributed by atoms with van der Waals surface area (Å²) < 4.78 is 53.4. The van der Waals surface area contributed by atoms with Crippen molar-refractivity contribution in [3.8, 4) is 0 Å². The number of primary sulfonamides is 1. The second-order valence-corrected chi connectivity index (χ2v) is 7.86. The van der Waals surface area contributed by atoms with Gasteiger partial charge in [-0.2, -0.15) is 4.31 Å². The molecule has 7 nitrogen and oxygen atoms in total. The van der Waals surface area contributed by atoms with E-state index in [0.29, 0.717) is 26.1 Å². The zero-order valence-corrected chi connectivity index (χ0v) is 13.7. The van der Waals surface area contributed by atoms with Crippen molar-refractivity contribution in [2.24, 2.45) is 5.14 Å². The first-order chi connectivity index (χ1) is 9.73. The van der Waals surface area contributed by atoms with Crippen LogP contribution in [0.1, 0.15) is 13.3 Å². The third kappa shape index (κ3) is 4.75. The number of nitrogens with zero attached hydrogens (tertiary/aromatic N) is 1. The van der Waals surface area contributed by atoms with Gasteiger partial charge in [0.05, 0.1) is 9.79 Å². The highest BCUT2D eigenvalue weighted by atomic mass is 32.2. The Hall–Kier alpha value is -1.00. The highest BCUT2D eigenvalue weighted by Gasteiger charge is 2.23. The van der Waals surface area contributed by atoms with Crippen molar-refractivity contribution in [1.82, 2.24) is 4.31 Å². The number of ether oxygens (including phenoxy) is 1. The molecule has 21 heavy (non-hydrogen) atoms. The second kappa shape index (κ2) is 7.32. The van der Waals surface area contributed by atoms with Gasteiger partial charge in [0, 0.05) is 26.8 Å². The summed E-state index contributed by atoms with van der Waals surface area (Å²) in [6.07, 6.45) is 0.582. The molecule has 0 amide bonds. The molecule has 0 unspecified atom stereocenters. The van der Waals surface area contributed by atoms with E-state index in [1.54, 1.807) is 14.0 Å². The molecule has 2 N–H and O–H groups in total. The van der Waals surface area contributed by atoms with Gasteiger partial charge in [-0.3, -0.25) is 0 Å². The lowest BCUT2D eigenvalue weighted by molar-refractivity contribution is 0.188. The Bertz CT molecular complexity index is 653. The molecule has 0 aliphatic rings. The van der Waals surface area contributed by atoms with E-state index in [-0.39, 0.29) is 9.79 Å². The molecule has 0 aromatic heterocycles. The molecule has 0 heterocycles. The van der Waals surface area contributed by atoms with Gasteiger partial charge >= 0.3 is 0 Å². The van der Waals surface area contributed by atoms with E-state index < -0.39 is 20.0 Å². The van der Waals surface area contributed by atoms with Crippen LogP contribution in [0.15, 0.2) is 34.1 Å². The largest absolute Gasteiger partial charge is 0.385 e. The quantitative estimate of drug-likeness (QED) is 0.691. The number of rotatable bonds is 8. The van der Waals surface area contributed by atoms with E-state index in [9.17, 15) is 16.8 Å². The smallest absolute Gasteiger partial charge is 0.243 e. The van der Waals surface area contributed by atoms with Gasteiger partial charge in [0.15, 0.2) is 0 Å². The second-order valence-electron chi connectivity index (χ2n) is 4.36. The fourth-order valence-corrected chi connectivity index (χ4v) is 3.79. The highest BCUT2D eigenvalue weighted by Crippen LogP contribution is 2.18. The maximum Gasteiger partial charge on any atom is 0.243 e. The highest BCUT2D eigenvalue weighted by molar-refractivity contribution is 7.89. The molecule has 1 aromatic carbocycles. The Balaban J connectivity index is 3.00. The molecule has 120 valence electrons. The molecule has 1 aromatic rings. The molecule has 0 bridgehead atoms. The molecule has 9 heteroatoms. The number of hydrogen-bond acceptors (Lipinski definition) is 5. The van der Waals surface area contributed by atoms with Crippen molar-refractivity contribution in [2.75, 3.05) is 26.8 Å². The summed E-state index contributed by atoms with van der Waals surface area (Å²) in [4.78, 5) is -0.0851. The van der Waals surface area contributed by atoms with Gasteiger partial charge in [-0.1, -0.05) is 6.92 Å². The van der Waals surface area contributed by atoms with Crippen LogP contribution in [0, 0.1) is 0 Å². The third-order valence-corrected chi connectivity index (χ3v) is 5.82. The number of nitrogens with two attached hydrogens (primary N) is 1. The predicted molar refractivity (Wildman–Crippen MR) is 78.7 cm³/mol. The van der Waals surface area contributed by atoms with E-state index in [1.807, 2.05) is 0 Å². The molecule has 0 saturated carbocycles. The monoisotopic (exact) mass is 336 g/mol. The normalized spacial score (nSPS) is 12.8. The van der Waals surface area contributed by atoms with Crippen molar-refractivity contribution >= 4 is 20.0 Å². The average molecular weight is 336 g/mol. The minimum Gasteiger partial charge on any atom is -0.385 e. The van der Waals surface area contributed by atoms with Crippen molar-refractivity contribution in [3.05, 3.63) is 24.3 Å². The predicted octanol–water partition coefficient (Wildman–Crippen LogP) is 0.381. The van der Waals surface area contributed by atoms with Gasteiger partial charge in [-0.15, -0.1) is 0 Å². The molecule has 0 fully saturated rings. The molecule has 0 aliphatic carbocycles. The first-order valence-electron chi connectivity index (χ1n) is 6.35. The van der Waals surface area contributed by atoms with Crippen molar-refractivity contribution in [1.29, 1.82) is 0 Å². The van der Waals surface area contributed by atoms with E-state index >= 15 is 0 Å². The first kappa shape index (κ1) is 18.1. The topological polar surface area (TPSA) is 107 Å². The summed E-state index contributed by atoms with van der Waals surface area (Å²) in [5, 5.41) is 4.98. The van der Waals surface area contributed by atoms with Crippen molar-refractivity contribution in [2.45, 2.75) is 23.1 Å². The third-order valence-electron chi connectivity index (χ3n) is 2.90. The van der Waals surface area contributed by atoms with Gasteiger partial charge in [-0.05, 0) is 30.7 Å². The van der Waals surface area contributed by atoms with Gasteiger partial charge in [0.1, 0.15) is 0 Å². The van der Waals surface area contributed by atoms with Crippen LogP contribution >= 0.6 is 0 Å². The Morgan fingerprint density at radius 2 is 1.62 bits per heavy atom. The SMILES string of the molecule is CCN(CCCOC)S(=O)(=O)c1ccc(S(N)(=O)=O)cc1. The minimum atomic E-state index is -3.83. The van der Waals surface area contributed by atoms with Crippen LogP contribution in [0.2, 0.25) is 0 Å². The molecular formula is C12H20N2O5S2. The van der Waals surface area contributed by atoms with Crippen molar-refractivity contribution in [3.63, 3.8) is 0 Å². The van der Waals surface area contributed by atoms with E-state index in [2.05, 4.69) is 0 Å². The summed E-state index contributed by atoms with van der Waals surface area (Å²) in [5.41, 5.74) is 0. The van der Waals surface area contributed by atoms with Crippen LogP contribution in [0.25, 0.3) is 0 Å². The Morgan fingerprint density at radius 1 is 1.10 bits per heavy atom. The summed E-state index contributed by atoms with van der Waals surface area (Å²) in [6.45, 7) is 2.87. The Labute approximate surface area is 125 Å². The standard InChI is InChI=1S/C12H20N2O5S2/c1-3-14(9-4-10-19-2)21(17,18)12-7-5-11(6-8-12)20(13,15)16/h5-8H,3-4,9-10H2,1-2H3,(H2,13,15,16). The lowest BCUT2D eigenvalue weighted by Gasteiger charge is -2.20. The fourth-order valence-electron chi connectivity index (χ4n) is 1.78.